The van der Waals surface area contributed by atoms with E-state index in [-0.39, 0.29) is 28.6 Å². The lowest BCUT2D eigenvalue weighted by Crippen LogP contribution is -2.48. The van der Waals surface area contributed by atoms with E-state index >= 15 is 0 Å². The van der Waals surface area contributed by atoms with E-state index in [1.54, 1.807) is 27.8 Å². The quantitative estimate of drug-likeness (QED) is 0.501. The van der Waals surface area contributed by atoms with Crippen molar-refractivity contribution in [3.8, 4) is 0 Å². The van der Waals surface area contributed by atoms with Crippen LogP contribution in [0.3, 0.4) is 0 Å². The van der Waals surface area contributed by atoms with E-state index in [1.165, 1.54) is 28.0 Å². The minimum Gasteiger partial charge on any atom is -0.444 e. The SMILES string of the molecule is CN(C(=O)C1CC(O[Si](C)(C)C(C)(C)C)CN1C(=O)OC(C)(C)C)c1ccc(F)c(Cl)c1. The Labute approximate surface area is 197 Å². The van der Waals surface area contributed by atoms with Crippen LogP contribution in [0.2, 0.25) is 23.2 Å². The van der Waals surface area contributed by atoms with E-state index in [0.717, 1.165) is 0 Å². The highest BCUT2D eigenvalue weighted by atomic mass is 35.5. The molecular formula is C23H36ClFN2O4Si. The summed E-state index contributed by atoms with van der Waals surface area (Å²) in [4.78, 5) is 29.2. The maximum absolute atomic E-state index is 13.6. The van der Waals surface area contributed by atoms with Crippen molar-refractivity contribution in [1.29, 1.82) is 0 Å². The summed E-state index contributed by atoms with van der Waals surface area (Å²) in [6.07, 6.45) is -0.464. The normalized spacial score (nSPS) is 19.8. The zero-order valence-corrected chi connectivity index (χ0v) is 22.3. The molecule has 0 radical (unpaired) electrons. The Morgan fingerprint density at radius 1 is 1.19 bits per heavy atom. The summed E-state index contributed by atoms with van der Waals surface area (Å²) in [6.45, 7) is 16.4. The fraction of sp³-hybridized carbons (Fsp3) is 0.652. The molecule has 2 amide bonds. The molecule has 1 aliphatic heterocycles. The lowest BCUT2D eigenvalue weighted by atomic mass is 10.1. The molecule has 2 atom stereocenters. The summed E-state index contributed by atoms with van der Waals surface area (Å²) in [5, 5.41) is -0.0789. The number of amides is 2. The molecule has 32 heavy (non-hydrogen) atoms. The molecule has 1 aromatic rings. The number of halogens is 2. The first kappa shape index (κ1) is 26.6. The molecule has 1 aromatic carbocycles. The average molecular weight is 487 g/mol. The van der Waals surface area contributed by atoms with Gasteiger partial charge in [-0.25, -0.2) is 9.18 Å². The lowest BCUT2D eigenvalue weighted by molar-refractivity contribution is -0.122. The van der Waals surface area contributed by atoms with Crippen LogP contribution in [0.25, 0.3) is 0 Å². The lowest BCUT2D eigenvalue weighted by Gasteiger charge is -2.38. The summed E-state index contributed by atoms with van der Waals surface area (Å²) in [5.74, 6) is -0.866. The average Bonchev–Trinajstić information content (AvgIpc) is 3.03. The van der Waals surface area contributed by atoms with Gasteiger partial charge in [-0.15, -0.1) is 0 Å². The number of anilines is 1. The molecule has 6 nitrogen and oxygen atoms in total. The van der Waals surface area contributed by atoms with Gasteiger partial charge in [-0.2, -0.15) is 0 Å². The Morgan fingerprint density at radius 3 is 2.28 bits per heavy atom. The van der Waals surface area contributed by atoms with Crippen LogP contribution in [-0.2, 0) is 14.0 Å². The third-order valence-corrected chi connectivity index (χ3v) is 10.9. The molecule has 1 saturated heterocycles. The molecule has 1 heterocycles. The number of benzene rings is 1. The summed E-state index contributed by atoms with van der Waals surface area (Å²) in [5.41, 5.74) is -0.251. The van der Waals surface area contributed by atoms with Gasteiger partial charge in [-0.1, -0.05) is 32.4 Å². The fourth-order valence-electron chi connectivity index (χ4n) is 3.28. The van der Waals surface area contributed by atoms with Gasteiger partial charge in [-0.05, 0) is 57.1 Å². The highest BCUT2D eigenvalue weighted by Crippen LogP contribution is 2.39. The first-order chi connectivity index (χ1) is 14.4. The van der Waals surface area contributed by atoms with Crippen molar-refractivity contribution in [2.24, 2.45) is 0 Å². The van der Waals surface area contributed by atoms with E-state index in [4.69, 9.17) is 20.8 Å². The number of carbonyl (C=O) groups excluding carboxylic acids is 2. The molecule has 0 bridgehead atoms. The molecule has 0 aliphatic carbocycles. The number of carbonyl (C=O) groups is 2. The maximum atomic E-state index is 13.6. The molecule has 0 N–H and O–H groups in total. The first-order valence-electron chi connectivity index (χ1n) is 10.8. The predicted octanol–water partition coefficient (Wildman–Crippen LogP) is 5.84. The monoisotopic (exact) mass is 486 g/mol. The number of ether oxygens (including phenoxy) is 1. The maximum Gasteiger partial charge on any atom is 0.411 e. The van der Waals surface area contributed by atoms with Gasteiger partial charge in [0.25, 0.3) is 0 Å². The largest absolute Gasteiger partial charge is 0.444 e. The van der Waals surface area contributed by atoms with Crippen LogP contribution in [0, 0.1) is 5.82 Å². The zero-order chi connectivity index (χ0) is 24.6. The number of hydrogen-bond acceptors (Lipinski definition) is 4. The van der Waals surface area contributed by atoms with Crippen LogP contribution in [-0.4, -0.2) is 56.6 Å². The van der Waals surface area contributed by atoms with Crippen molar-refractivity contribution in [1.82, 2.24) is 4.90 Å². The van der Waals surface area contributed by atoms with Crippen LogP contribution < -0.4 is 4.90 Å². The minimum atomic E-state index is -2.11. The Balaban J connectivity index is 2.31. The standard InChI is InChI=1S/C23H36ClFN2O4Si/c1-22(2,3)30-21(29)27-14-16(31-32(8,9)23(4,5)6)13-19(27)20(28)26(7)15-10-11-18(25)17(24)12-15/h10-12,16,19H,13-14H2,1-9H3. The Hall–Kier alpha value is -1.64. The predicted molar refractivity (Wildman–Crippen MR) is 128 cm³/mol. The van der Waals surface area contributed by atoms with Gasteiger partial charge in [0.2, 0.25) is 5.91 Å². The molecule has 9 heteroatoms. The molecule has 0 spiro atoms. The second-order valence-corrected chi connectivity index (χ2v) is 16.0. The van der Waals surface area contributed by atoms with E-state index < -0.39 is 31.9 Å². The van der Waals surface area contributed by atoms with E-state index in [0.29, 0.717) is 12.1 Å². The van der Waals surface area contributed by atoms with Crippen LogP contribution in [0.4, 0.5) is 14.9 Å². The molecule has 180 valence electrons. The smallest absolute Gasteiger partial charge is 0.411 e. The Bertz CT molecular complexity index is 867. The van der Waals surface area contributed by atoms with E-state index in [1.807, 2.05) is 0 Å². The second-order valence-electron chi connectivity index (χ2n) is 10.9. The number of nitrogens with zero attached hydrogens (tertiary/aromatic N) is 2. The summed E-state index contributed by atoms with van der Waals surface area (Å²) in [6, 6.07) is 3.33. The van der Waals surface area contributed by atoms with Gasteiger partial charge in [0.15, 0.2) is 8.32 Å². The van der Waals surface area contributed by atoms with Crippen molar-refractivity contribution >= 4 is 37.6 Å². The number of likely N-dealkylation sites (tertiary alicyclic amines) is 1. The second kappa shape index (κ2) is 9.31. The van der Waals surface area contributed by atoms with Crippen LogP contribution >= 0.6 is 11.6 Å². The van der Waals surface area contributed by atoms with E-state index in [9.17, 15) is 14.0 Å². The molecule has 2 rings (SSSR count). The van der Waals surface area contributed by atoms with Crippen molar-refractivity contribution in [2.75, 3.05) is 18.5 Å². The molecule has 0 aromatic heterocycles. The molecule has 2 unspecified atom stereocenters. The molecular weight excluding hydrogens is 451 g/mol. The fourth-order valence-corrected chi connectivity index (χ4v) is 4.81. The van der Waals surface area contributed by atoms with Crippen LogP contribution in [0.5, 0.6) is 0 Å². The minimum absolute atomic E-state index is 0.00645. The number of rotatable bonds is 4. The van der Waals surface area contributed by atoms with E-state index in [2.05, 4.69) is 33.9 Å². The molecule has 1 fully saturated rings. The van der Waals surface area contributed by atoms with Gasteiger partial charge in [0, 0.05) is 25.7 Å². The Kier molecular flexibility index (Phi) is 7.74. The van der Waals surface area contributed by atoms with Crippen LogP contribution in [0.15, 0.2) is 18.2 Å². The third kappa shape index (κ3) is 6.23. The van der Waals surface area contributed by atoms with Gasteiger partial charge in [-0.3, -0.25) is 9.69 Å². The van der Waals surface area contributed by atoms with Crippen molar-refractivity contribution < 1.29 is 23.1 Å². The van der Waals surface area contributed by atoms with Gasteiger partial charge in [0.1, 0.15) is 17.5 Å². The van der Waals surface area contributed by atoms with Gasteiger partial charge < -0.3 is 14.1 Å². The first-order valence-corrected chi connectivity index (χ1v) is 14.1. The van der Waals surface area contributed by atoms with Crippen molar-refractivity contribution in [3.63, 3.8) is 0 Å². The summed E-state index contributed by atoms with van der Waals surface area (Å²) >= 11 is 5.90. The zero-order valence-electron chi connectivity index (χ0n) is 20.6. The summed E-state index contributed by atoms with van der Waals surface area (Å²) < 4.78 is 25.7. The van der Waals surface area contributed by atoms with Crippen molar-refractivity contribution in [3.05, 3.63) is 29.0 Å². The number of hydrogen-bond donors (Lipinski definition) is 0. The molecule has 0 saturated carbocycles. The number of likely N-dealkylation sites (N-methyl/N-ethyl adjacent to an activating group) is 1. The van der Waals surface area contributed by atoms with Crippen molar-refractivity contribution in [2.45, 2.75) is 83.8 Å². The van der Waals surface area contributed by atoms with Gasteiger partial charge >= 0.3 is 6.09 Å². The topological polar surface area (TPSA) is 59.1 Å². The van der Waals surface area contributed by atoms with Crippen LogP contribution in [0.1, 0.15) is 48.0 Å². The highest BCUT2D eigenvalue weighted by molar-refractivity contribution is 6.74. The summed E-state index contributed by atoms with van der Waals surface area (Å²) in [7, 11) is -0.529. The Morgan fingerprint density at radius 2 is 1.78 bits per heavy atom. The molecule has 1 aliphatic rings. The third-order valence-electron chi connectivity index (χ3n) is 6.06. The van der Waals surface area contributed by atoms with Gasteiger partial charge in [0.05, 0.1) is 11.1 Å². The highest BCUT2D eigenvalue weighted by Gasteiger charge is 2.47.